The largest absolute Gasteiger partial charge is 0.493 e. The second-order valence-corrected chi connectivity index (χ2v) is 12.7. The molecule has 2 aliphatic rings. The SMILES string of the molecule is CCc1ccc(S(=O)(=O)C2CS(=O)(=O)CC2N2CCc3cc(OC)c(OC)cc3C2)cc1. The molecule has 1 fully saturated rings. The molecular formula is C23H29NO6S2. The van der Waals surface area contributed by atoms with Crippen molar-refractivity contribution in [3.05, 3.63) is 53.1 Å². The molecule has 1 saturated heterocycles. The van der Waals surface area contributed by atoms with Crippen molar-refractivity contribution in [2.75, 3.05) is 32.3 Å². The Labute approximate surface area is 190 Å². The van der Waals surface area contributed by atoms with E-state index in [-0.39, 0.29) is 16.4 Å². The third kappa shape index (κ3) is 4.25. The van der Waals surface area contributed by atoms with Gasteiger partial charge in [0, 0.05) is 19.1 Å². The summed E-state index contributed by atoms with van der Waals surface area (Å²) >= 11 is 0. The molecule has 2 aromatic rings. The van der Waals surface area contributed by atoms with Crippen LogP contribution in [0.5, 0.6) is 11.5 Å². The fourth-order valence-corrected chi connectivity index (χ4v) is 9.54. The first-order valence-corrected chi connectivity index (χ1v) is 14.1. The van der Waals surface area contributed by atoms with Crippen molar-refractivity contribution in [1.82, 2.24) is 4.90 Å². The summed E-state index contributed by atoms with van der Waals surface area (Å²) in [6.45, 7) is 3.06. The first-order valence-electron chi connectivity index (χ1n) is 10.7. The van der Waals surface area contributed by atoms with Gasteiger partial charge < -0.3 is 9.47 Å². The Balaban J connectivity index is 1.66. The molecule has 0 spiro atoms. The number of methoxy groups -OCH3 is 2. The van der Waals surface area contributed by atoms with Crippen molar-refractivity contribution in [2.24, 2.45) is 0 Å². The monoisotopic (exact) mass is 479 g/mol. The number of sulfone groups is 2. The van der Waals surface area contributed by atoms with E-state index < -0.39 is 31.0 Å². The number of hydrogen-bond acceptors (Lipinski definition) is 7. The molecule has 9 heteroatoms. The normalized spacial score (nSPS) is 23.0. The summed E-state index contributed by atoms with van der Waals surface area (Å²) in [4.78, 5) is 2.19. The predicted octanol–water partition coefficient (Wildman–Crippen LogP) is 2.26. The van der Waals surface area contributed by atoms with E-state index >= 15 is 0 Å². The Hall–Kier alpha value is -2.10. The van der Waals surface area contributed by atoms with Crippen LogP contribution in [0.15, 0.2) is 41.3 Å². The van der Waals surface area contributed by atoms with Gasteiger partial charge in [0.05, 0.1) is 35.9 Å². The summed E-state index contributed by atoms with van der Waals surface area (Å²) in [7, 11) is -4.11. The van der Waals surface area contributed by atoms with Crippen LogP contribution in [0.3, 0.4) is 0 Å². The third-order valence-electron chi connectivity index (χ3n) is 6.55. The van der Waals surface area contributed by atoms with Gasteiger partial charge in [0.25, 0.3) is 0 Å². The lowest BCUT2D eigenvalue weighted by Gasteiger charge is -2.36. The van der Waals surface area contributed by atoms with E-state index in [9.17, 15) is 16.8 Å². The maximum atomic E-state index is 13.5. The molecule has 7 nitrogen and oxygen atoms in total. The van der Waals surface area contributed by atoms with E-state index in [1.165, 1.54) is 0 Å². The van der Waals surface area contributed by atoms with Gasteiger partial charge in [-0.15, -0.1) is 0 Å². The number of fused-ring (bicyclic) bond motifs is 1. The predicted molar refractivity (Wildman–Crippen MR) is 123 cm³/mol. The van der Waals surface area contributed by atoms with Crippen LogP contribution in [0.2, 0.25) is 0 Å². The summed E-state index contributed by atoms with van der Waals surface area (Å²) in [6, 6.07) is 10.0. The topological polar surface area (TPSA) is 90.0 Å². The van der Waals surface area contributed by atoms with Gasteiger partial charge in [-0.3, -0.25) is 4.90 Å². The van der Waals surface area contributed by atoms with Crippen LogP contribution in [0.4, 0.5) is 0 Å². The molecule has 2 atom stereocenters. The molecule has 32 heavy (non-hydrogen) atoms. The average Bonchev–Trinajstić information content (AvgIpc) is 3.14. The minimum absolute atomic E-state index is 0.146. The summed E-state index contributed by atoms with van der Waals surface area (Å²) in [5.41, 5.74) is 3.15. The Kier molecular flexibility index (Phi) is 6.26. The van der Waals surface area contributed by atoms with E-state index in [0.29, 0.717) is 31.0 Å². The second-order valence-electron chi connectivity index (χ2n) is 8.42. The lowest BCUT2D eigenvalue weighted by Crippen LogP contribution is -2.48. The number of hydrogen-bond donors (Lipinski definition) is 0. The van der Waals surface area contributed by atoms with Crippen molar-refractivity contribution < 1.29 is 26.3 Å². The molecule has 0 bridgehead atoms. The van der Waals surface area contributed by atoms with Crippen LogP contribution in [0.1, 0.15) is 23.6 Å². The van der Waals surface area contributed by atoms with E-state index in [4.69, 9.17) is 9.47 Å². The van der Waals surface area contributed by atoms with Crippen molar-refractivity contribution in [1.29, 1.82) is 0 Å². The molecule has 2 aromatic carbocycles. The zero-order valence-corrected chi connectivity index (χ0v) is 20.2. The van der Waals surface area contributed by atoms with Gasteiger partial charge >= 0.3 is 0 Å². The molecule has 174 valence electrons. The van der Waals surface area contributed by atoms with E-state index in [1.54, 1.807) is 38.5 Å². The lowest BCUT2D eigenvalue weighted by molar-refractivity contribution is 0.195. The summed E-state index contributed by atoms with van der Waals surface area (Å²) in [5, 5.41) is -0.985. The molecular weight excluding hydrogens is 450 g/mol. The van der Waals surface area contributed by atoms with Gasteiger partial charge in [0.1, 0.15) is 0 Å². The number of benzene rings is 2. The minimum atomic E-state index is -3.80. The zero-order valence-electron chi connectivity index (χ0n) is 18.6. The quantitative estimate of drug-likeness (QED) is 0.628. The molecule has 2 heterocycles. The van der Waals surface area contributed by atoms with Crippen LogP contribution in [-0.2, 0) is 39.1 Å². The van der Waals surface area contributed by atoms with E-state index in [2.05, 4.69) is 0 Å². The highest BCUT2D eigenvalue weighted by molar-refractivity contribution is 7.96. The van der Waals surface area contributed by atoms with Crippen LogP contribution in [0.25, 0.3) is 0 Å². The smallest absolute Gasteiger partial charge is 0.183 e. The summed E-state index contributed by atoms with van der Waals surface area (Å²) in [5.74, 6) is 0.767. The fourth-order valence-electron chi connectivity index (χ4n) is 4.71. The van der Waals surface area contributed by atoms with Crippen LogP contribution < -0.4 is 9.47 Å². The van der Waals surface area contributed by atoms with Crippen molar-refractivity contribution in [3.63, 3.8) is 0 Å². The maximum absolute atomic E-state index is 13.5. The third-order valence-corrected chi connectivity index (χ3v) is 10.7. The van der Waals surface area contributed by atoms with E-state index in [1.807, 2.05) is 24.0 Å². The van der Waals surface area contributed by atoms with Crippen LogP contribution in [-0.4, -0.2) is 65.3 Å². The molecule has 4 rings (SSSR count). The van der Waals surface area contributed by atoms with E-state index in [0.717, 1.165) is 23.1 Å². The van der Waals surface area contributed by atoms with Crippen molar-refractivity contribution in [3.8, 4) is 11.5 Å². The molecule has 0 amide bonds. The fraction of sp³-hybridized carbons (Fsp3) is 0.478. The highest BCUT2D eigenvalue weighted by atomic mass is 32.2. The van der Waals surface area contributed by atoms with Crippen molar-refractivity contribution >= 4 is 19.7 Å². The van der Waals surface area contributed by atoms with Gasteiger partial charge in [0.15, 0.2) is 31.2 Å². The molecule has 2 unspecified atom stereocenters. The van der Waals surface area contributed by atoms with Gasteiger partial charge in [-0.1, -0.05) is 19.1 Å². The Morgan fingerprint density at radius 1 is 1.00 bits per heavy atom. The number of aryl methyl sites for hydroxylation is 1. The molecule has 0 aromatic heterocycles. The first-order chi connectivity index (χ1) is 15.2. The Morgan fingerprint density at radius 3 is 2.22 bits per heavy atom. The molecule has 0 N–H and O–H groups in total. The van der Waals surface area contributed by atoms with Crippen molar-refractivity contribution in [2.45, 2.75) is 42.5 Å². The summed E-state index contributed by atoms with van der Waals surface area (Å²) in [6.07, 6.45) is 1.49. The molecule has 0 radical (unpaired) electrons. The standard InChI is InChI=1S/C23H29NO6S2/c1-4-16-5-7-19(8-6-16)32(27,28)23-15-31(25,26)14-20(23)24-10-9-17-11-21(29-2)22(30-3)12-18(17)13-24/h5-8,11-12,20,23H,4,9-10,13-15H2,1-3H3. The second kappa shape index (κ2) is 8.68. The van der Waals surface area contributed by atoms with Gasteiger partial charge in [-0.25, -0.2) is 16.8 Å². The van der Waals surface area contributed by atoms with Crippen LogP contribution >= 0.6 is 0 Å². The molecule has 0 aliphatic carbocycles. The average molecular weight is 480 g/mol. The van der Waals surface area contributed by atoms with Gasteiger partial charge in [0.2, 0.25) is 0 Å². The number of rotatable bonds is 6. The maximum Gasteiger partial charge on any atom is 0.183 e. The lowest BCUT2D eigenvalue weighted by atomic mass is 9.97. The van der Waals surface area contributed by atoms with Gasteiger partial charge in [-0.2, -0.15) is 0 Å². The highest BCUT2D eigenvalue weighted by Gasteiger charge is 2.48. The highest BCUT2D eigenvalue weighted by Crippen LogP contribution is 2.36. The number of nitrogens with zero attached hydrogens (tertiary/aromatic N) is 1. The van der Waals surface area contributed by atoms with Gasteiger partial charge in [-0.05, 0) is 53.8 Å². The molecule has 0 saturated carbocycles. The first kappa shape index (κ1) is 23.1. The summed E-state index contributed by atoms with van der Waals surface area (Å²) < 4.78 is 62.9. The molecule has 2 aliphatic heterocycles. The zero-order chi connectivity index (χ0) is 23.1. The van der Waals surface area contributed by atoms with Crippen LogP contribution in [0, 0.1) is 0 Å². The Bertz CT molecular complexity index is 1210. The Morgan fingerprint density at radius 2 is 1.62 bits per heavy atom. The number of ether oxygens (including phenoxy) is 2. The minimum Gasteiger partial charge on any atom is -0.493 e.